The van der Waals surface area contributed by atoms with E-state index >= 15 is 0 Å². The van der Waals surface area contributed by atoms with Crippen LogP contribution in [0.5, 0.6) is 0 Å². The third-order valence-corrected chi connectivity index (χ3v) is 3.49. The van der Waals surface area contributed by atoms with Gasteiger partial charge in [0.15, 0.2) is 0 Å². The molecule has 0 bridgehead atoms. The summed E-state index contributed by atoms with van der Waals surface area (Å²) in [7, 11) is 2.07. The lowest BCUT2D eigenvalue weighted by atomic mass is 10.0. The predicted molar refractivity (Wildman–Crippen MR) is 71.1 cm³/mol. The number of carbonyl (C=O) groups is 1. The summed E-state index contributed by atoms with van der Waals surface area (Å²) in [5.41, 5.74) is 0. The number of piperidine rings is 1. The Morgan fingerprint density at radius 2 is 2.29 bits per heavy atom. The molecule has 1 aliphatic rings. The van der Waals surface area contributed by atoms with Gasteiger partial charge in [-0.2, -0.15) is 0 Å². The highest BCUT2D eigenvalue weighted by molar-refractivity contribution is 5.75. The minimum absolute atomic E-state index is 0.196. The molecule has 1 saturated heterocycles. The Bertz CT molecular complexity index is 215. The lowest BCUT2D eigenvalue weighted by molar-refractivity contribution is -0.121. The van der Waals surface area contributed by atoms with Crippen LogP contribution in [0, 0.1) is 0 Å². The third kappa shape index (κ3) is 6.64. The molecule has 1 fully saturated rings. The summed E-state index contributed by atoms with van der Waals surface area (Å²) in [6.07, 6.45) is 5.46. The summed E-state index contributed by atoms with van der Waals surface area (Å²) in [5, 5.41) is 6.45. The quantitative estimate of drug-likeness (QED) is 0.698. The largest absolute Gasteiger partial charge is 0.355 e. The summed E-state index contributed by atoms with van der Waals surface area (Å²) in [6, 6.07) is 0.563. The second-order valence-corrected chi connectivity index (χ2v) is 4.93. The van der Waals surface area contributed by atoms with E-state index in [9.17, 15) is 4.79 Å². The van der Waals surface area contributed by atoms with Gasteiger partial charge in [0.1, 0.15) is 0 Å². The second kappa shape index (κ2) is 8.48. The highest BCUT2D eigenvalue weighted by Gasteiger charge is 2.13. The van der Waals surface area contributed by atoms with E-state index in [-0.39, 0.29) is 5.91 Å². The number of amides is 1. The van der Waals surface area contributed by atoms with Crippen LogP contribution in [-0.4, -0.2) is 50.1 Å². The molecule has 0 saturated carbocycles. The first-order chi connectivity index (χ1) is 8.22. The highest BCUT2D eigenvalue weighted by Crippen LogP contribution is 2.11. The molecule has 1 aliphatic heterocycles. The van der Waals surface area contributed by atoms with Crippen LogP contribution in [-0.2, 0) is 4.79 Å². The van der Waals surface area contributed by atoms with Crippen LogP contribution in [0.4, 0.5) is 0 Å². The minimum Gasteiger partial charge on any atom is -0.355 e. The summed E-state index contributed by atoms with van der Waals surface area (Å²) in [6.45, 7) is 5.97. The molecule has 0 aromatic heterocycles. The average Bonchev–Trinajstić information content (AvgIpc) is 2.37. The Morgan fingerprint density at radius 1 is 1.47 bits per heavy atom. The van der Waals surface area contributed by atoms with Gasteiger partial charge in [0.25, 0.3) is 0 Å². The normalized spacial score (nSPS) is 20.5. The zero-order chi connectivity index (χ0) is 12.5. The molecule has 4 nitrogen and oxygen atoms in total. The van der Waals surface area contributed by atoms with Crippen LogP contribution in [0.25, 0.3) is 0 Å². The smallest absolute Gasteiger partial charge is 0.220 e. The lowest BCUT2D eigenvalue weighted by Gasteiger charge is -2.23. The van der Waals surface area contributed by atoms with Crippen molar-refractivity contribution >= 4 is 5.91 Å². The fraction of sp³-hybridized carbons (Fsp3) is 0.923. The van der Waals surface area contributed by atoms with Crippen LogP contribution >= 0.6 is 0 Å². The number of carbonyl (C=O) groups excluding carboxylic acids is 1. The van der Waals surface area contributed by atoms with E-state index in [1.807, 2.05) is 0 Å². The zero-order valence-corrected chi connectivity index (χ0v) is 11.3. The fourth-order valence-electron chi connectivity index (χ4n) is 2.11. The number of hydrogen-bond donors (Lipinski definition) is 2. The van der Waals surface area contributed by atoms with Crippen LogP contribution in [0.2, 0.25) is 0 Å². The summed E-state index contributed by atoms with van der Waals surface area (Å²) >= 11 is 0. The maximum Gasteiger partial charge on any atom is 0.220 e. The summed E-state index contributed by atoms with van der Waals surface area (Å²) in [4.78, 5) is 13.8. The molecular formula is C13H27N3O. The van der Waals surface area contributed by atoms with Gasteiger partial charge in [-0.15, -0.1) is 0 Å². The van der Waals surface area contributed by atoms with Crippen molar-refractivity contribution in [3.8, 4) is 0 Å². The monoisotopic (exact) mass is 241 g/mol. The Morgan fingerprint density at radius 3 is 2.94 bits per heavy atom. The van der Waals surface area contributed by atoms with Gasteiger partial charge in [-0.1, -0.05) is 13.3 Å². The van der Waals surface area contributed by atoms with Crippen LogP contribution in [0.15, 0.2) is 0 Å². The van der Waals surface area contributed by atoms with Gasteiger partial charge in [-0.3, -0.25) is 4.79 Å². The number of rotatable bonds is 7. The molecule has 0 spiro atoms. The topological polar surface area (TPSA) is 44.4 Å². The van der Waals surface area contributed by atoms with E-state index in [1.54, 1.807) is 0 Å². The fourth-order valence-corrected chi connectivity index (χ4v) is 2.11. The average molecular weight is 241 g/mol. The molecule has 1 unspecified atom stereocenters. The molecule has 1 heterocycles. The van der Waals surface area contributed by atoms with E-state index < -0.39 is 0 Å². The molecule has 0 aliphatic carbocycles. The van der Waals surface area contributed by atoms with Crippen LogP contribution in [0.1, 0.15) is 39.0 Å². The van der Waals surface area contributed by atoms with Gasteiger partial charge in [0, 0.05) is 25.6 Å². The molecule has 1 amide bonds. The standard InChI is InChI=1S/C13H27N3O/c1-3-16(2)11-10-15-13(17)8-7-12-6-4-5-9-14-12/h12,14H,3-11H2,1-2H3,(H,15,17). The molecule has 0 aromatic carbocycles. The molecular weight excluding hydrogens is 214 g/mol. The Labute approximate surface area is 105 Å². The SMILES string of the molecule is CCN(C)CCNC(=O)CCC1CCCCN1. The molecule has 0 aromatic rings. The lowest BCUT2D eigenvalue weighted by Crippen LogP contribution is -2.36. The van der Waals surface area contributed by atoms with Gasteiger partial charge in [-0.25, -0.2) is 0 Å². The van der Waals surface area contributed by atoms with Gasteiger partial charge >= 0.3 is 0 Å². The number of nitrogens with one attached hydrogen (secondary N) is 2. The van der Waals surface area contributed by atoms with E-state index in [4.69, 9.17) is 0 Å². The van der Waals surface area contributed by atoms with E-state index in [1.165, 1.54) is 19.3 Å². The number of likely N-dealkylation sites (N-methyl/N-ethyl adjacent to an activating group) is 1. The van der Waals surface area contributed by atoms with Gasteiger partial charge < -0.3 is 15.5 Å². The minimum atomic E-state index is 0.196. The van der Waals surface area contributed by atoms with Crippen molar-refractivity contribution in [2.75, 3.05) is 33.2 Å². The van der Waals surface area contributed by atoms with Gasteiger partial charge in [-0.05, 0) is 39.4 Å². The first kappa shape index (κ1) is 14.5. The Kier molecular flexibility index (Phi) is 7.21. The van der Waals surface area contributed by atoms with E-state index in [2.05, 4.69) is 29.5 Å². The Hall–Kier alpha value is -0.610. The van der Waals surface area contributed by atoms with Crippen molar-refractivity contribution in [2.45, 2.75) is 45.1 Å². The van der Waals surface area contributed by atoms with Crippen LogP contribution in [0.3, 0.4) is 0 Å². The van der Waals surface area contributed by atoms with Gasteiger partial charge in [0.05, 0.1) is 0 Å². The molecule has 0 radical (unpaired) electrons. The van der Waals surface area contributed by atoms with E-state index in [0.29, 0.717) is 12.5 Å². The predicted octanol–water partition coefficient (Wildman–Crippen LogP) is 0.977. The van der Waals surface area contributed by atoms with Crippen molar-refractivity contribution in [2.24, 2.45) is 0 Å². The molecule has 100 valence electrons. The maximum atomic E-state index is 11.6. The molecule has 1 rings (SSSR count). The van der Waals surface area contributed by atoms with Crippen molar-refractivity contribution < 1.29 is 4.79 Å². The second-order valence-electron chi connectivity index (χ2n) is 4.93. The molecule has 4 heteroatoms. The number of nitrogens with zero attached hydrogens (tertiary/aromatic N) is 1. The maximum absolute atomic E-state index is 11.6. The van der Waals surface area contributed by atoms with Gasteiger partial charge in [0.2, 0.25) is 5.91 Å². The van der Waals surface area contributed by atoms with Crippen molar-refractivity contribution in [1.29, 1.82) is 0 Å². The Balaban J connectivity index is 2.00. The van der Waals surface area contributed by atoms with Crippen molar-refractivity contribution in [3.05, 3.63) is 0 Å². The highest BCUT2D eigenvalue weighted by atomic mass is 16.1. The number of hydrogen-bond acceptors (Lipinski definition) is 3. The third-order valence-electron chi connectivity index (χ3n) is 3.49. The molecule has 1 atom stereocenters. The van der Waals surface area contributed by atoms with Crippen LogP contribution < -0.4 is 10.6 Å². The first-order valence-corrected chi connectivity index (χ1v) is 6.91. The van der Waals surface area contributed by atoms with Crippen molar-refractivity contribution in [3.63, 3.8) is 0 Å². The summed E-state index contributed by atoms with van der Waals surface area (Å²) in [5.74, 6) is 0.196. The van der Waals surface area contributed by atoms with Crippen molar-refractivity contribution in [1.82, 2.24) is 15.5 Å². The first-order valence-electron chi connectivity index (χ1n) is 6.91. The molecule has 17 heavy (non-hydrogen) atoms. The molecule has 2 N–H and O–H groups in total. The summed E-state index contributed by atoms with van der Waals surface area (Å²) < 4.78 is 0. The zero-order valence-electron chi connectivity index (χ0n) is 11.3. The van der Waals surface area contributed by atoms with E-state index in [0.717, 1.165) is 32.6 Å².